The molecule has 0 saturated heterocycles. The van der Waals surface area contributed by atoms with Gasteiger partial charge in [-0.15, -0.1) is 0 Å². The van der Waals surface area contributed by atoms with E-state index in [1.54, 1.807) is 4.90 Å². The van der Waals surface area contributed by atoms with Crippen molar-refractivity contribution >= 4 is 5.91 Å². The first-order chi connectivity index (χ1) is 6.20. The second kappa shape index (κ2) is 2.87. The van der Waals surface area contributed by atoms with Gasteiger partial charge in [0.2, 0.25) is 5.91 Å². The molecule has 1 atom stereocenters. The van der Waals surface area contributed by atoms with Crippen LogP contribution in [0.1, 0.15) is 24.1 Å². The van der Waals surface area contributed by atoms with Gasteiger partial charge < -0.3 is 4.90 Å². The van der Waals surface area contributed by atoms with E-state index in [0.29, 0.717) is 0 Å². The Morgan fingerprint density at radius 3 is 3.23 bits per heavy atom. The van der Waals surface area contributed by atoms with Crippen LogP contribution in [0.3, 0.4) is 0 Å². The number of likely N-dealkylation sites (N-methyl/N-ethyl adjacent to an activating group) is 1. The predicted octanol–water partition coefficient (Wildman–Crippen LogP) is 0.528. The summed E-state index contributed by atoms with van der Waals surface area (Å²) in [4.78, 5) is 13.5. The fraction of sp³-hybridized carbons (Fsp3) is 0.556. The Labute approximate surface area is 76.9 Å². The maximum absolute atomic E-state index is 11.7. The van der Waals surface area contributed by atoms with Gasteiger partial charge in [0.05, 0.1) is 17.8 Å². The van der Waals surface area contributed by atoms with Crippen LogP contribution in [0.4, 0.5) is 0 Å². The van der Waals surface area contributed by atoms with Crippen molar-refractivity contribution in [1.29, 1.82) is 0 Å². The molecule has 0 aliphatic carbocycles. The van der Waals surface area contributed by atoms with Crippen LogP contribution in [0.25, 0.3) is 0 Å². The van der Waals surface area contributed by atoms with Crippen LogP contribution < -0.4 is 0 Å². The zero-order chi connectivity index (χ0) is 9.42. The lowest BCUT2D eigenvalue weighted by Crippen LogP contribution is -2.30. The summed E-state index contributed by atoms with van der Waals surface area (Å²) in [6.07, 6.45) is 2.72. The van der Waals surface area contributed by atoms with Gasteiger partial charge in [-0.1, -0.05) is 0 Å². The normalized spacial score (nSPS) is 22.8. The average molecular weight is 179 g/mol. The largest absolute Gasteiger partial charge is 0.345 e. The van der Waals surface area contributed by atoms with E-state index >= 15 is 0 Å². The molecule has 1 N–H and O–H groups in total. The van der Waals surface area contributed by atoms with Gasteiger partial charge in [-0.05, 0) is 18.9 Å². The second-order valence-electron chi connectivity index (χ2n) is 3.54. The van der Waals surface area contributed by atoms with Crippen molar-refractivity contribution in [3.8, 4) is 0 Å². The molecule has 13 heavy (non-hydrogen) atoms. The highest BCUT2D eigenvalue weighted by atomic mass is 16.2. The van der Waals surface area contributed by atoms with Crippen LogP contribution in [-0.4, -0.2) is 34.6 Å². The number of aromatic nitrogens is 2. The lowest BCUT2D eigenvalue weighted by atomic mass is 10.0. The molecule has 0 fully saturated rings. The van der Waals surface area contributed by atoms with Crippen LogP contribution in [0, 0.1) is 0 Å². The van der Waals surface area contributed by atoms with E-state index in [1.165, 1.54) is 5.56 Å². The molecule has 1 aromatic heterocycles. The number of nitrogens with zero attached hydrogens (tertiary/aromatic N) is 2. The molecule has 1 unspecified atom stereocenters. The minimum atomic E-state index is -0.0787. The van der Waals surface area contributed by atoms with Gasteiger partial charge in [-0.3, -0.25) is 9.89 Å². The minimum Gasteiger partial charge on any atom is -0.345 e. The third-order valence-corrected chi connectivity index (χ3v) is 2.65. The number of hydrogen-bond donors (Lipinski definition) is 1. The summed E-state index contributed by atoms with van der Waals surface area (Å²) < 4.78 is 0. The number of rotatable bonds is 0. The summed E-state index contributed by atoms with van der Waals surface area (Å²) in [6.45, 7) is 2.71. The first-order valence-corrected chi connectivity index (χ1v) is 4.47. The molecule has 2 rings (SSSR count). The van der Waals surface area contributed by atoms with Crippen molar-refractivity contribution in [3.63, 3.8) is 0 Å². The molecule has 0 bridgehead atoms. The molecule has 1 aliphatic heterocycles. The number of aromatic amines is 1. The highest BCUT2D eigenvalue weighted by molar-refractivity contribution is 5.83. The molecule has 1 amide bonds. The highest BCUT2D eigenvalue weighted by Gasteiger charge is 2.26. The molecule has 1 aromatic rings. The van der Waals surface area contributed by atoms with E-state index in [9.17, 15) is 4.79 Å². The van der Waals surface area contributed by atoms with E-state index in [0.717, 1.165) is 18.7 Å². The predicted molar refractivity (Wildman–Crippen MR) is 48.3 cm³/mol. The highest BCUT2D eigenvalue weighted by Crippen LogP contribution is 2.22. The molecule has 0 saturated carbocycles. The number of amides is 1. The molecule has 4 heteroatoms. The molecule has 4 nitrogen and oxygen atoms in total. The lowest BCUT2D eigenvalue weighted by Gasteiger charge is -2.16. The molecule has 0 radical (unpaired) electrons. The first-order valence-electron chi connectivity index (χ1n) is 4.47. The summed E-state index contributed by atoms with van der Waals surface area (Å²) in [5.41, 5.74) is 2.15. The third-order valence-electron chi connectivity index (χ3n) is 2.65. The van der Waals surface area contributed by atoms with Gasteiger partial charge in [0.15, 0.2) is 0 Å². The molecular weight excluding hydrogens is 166 g/mol. The number of H-pyrrole nitrogens is 1. The molecule has 2 heterocycles. The Hall–Kier alpha value is -1.32. The maximum Gasteiger partial charge on any atom is 0.231 e. The maximum atomic E-state index is 11.7. The SMILES string of the molecule is CC1C(=O)N(C)CCc2cn[nH]c21. The molecular formula is C9H13N3O. The average Bonchev–Trinajstić information content (AvgIpc) is 2.56. The summed E-state index contributed by atoms with van der Waals surface area (Å²) >= 11 is 0. The Bertz CT molecular complexity index is 331. The van der Waals surface area contributed by atoms with Crippen LogP contribution in [0.15, 0.2) is 6.20 Å². The number of fused-ring (bicyclic) bond motifs is 1. The van der Waals surface area contributed by atoms with E-state index in [-0.39, 0.29) is 11.8 Å². The van der Waals surface area contributed by atoms with Crippen LogP contribution >= 0.6 is 0 Å². The Morgan fingerprint density at radius 2 is 2.46 bits per heavy atom. The van der Waals surface area contributed by atoms with Gasteiger partial charge in [0.25, 0.3) is 0 Å². The zero-order valence-electron chi connectivity index (χ0n) is 7.87. The standard InChI is InChI=1S/C9H13N3O/c1-6-8-7(5-10-11-8)3-4-12(2)9(6)13/h5-6H,3-4H2,1-2H3,(H,10,11). The number of carbonyl (C=O) groups is 1. The third kappa shape index (κ3) is 1.22. The Kier molecular flexibility index (Phi) is 1.83. The van der Waals surface area contributed by atoms with Crippen molar-refractivity contribution in [1.82, 2.24) is 15.1 Å². The number of carbonyl (C=O) groups excluding carboxylic acids is 1. The van der Waals surface area contributed by atoms with Crippen molar-refractivity contribution < 1.29 is 4.79 Å². The molecule has 70 valence electrons. The summed E-state index contributed by atoms with van der Waals surface area (Å²) in [5, 5.41) is 6.86. The Balaban J connectivity index is 2.40. The fourth-order valence-electron chi connectivity index (χ4n) is 1.75. The van der Waals surface area contributed by atoms with Gasteiger partial charge in [0.1, 0.15) is 0 Å². The lowest BCUT2D eigenvalue weighted by molar-refractivity contribution is -0.130. The molecule has 1 aliphatic rings. The van der Waals surface area contributed by atoms with Crippen LogP contribution in [-0.2, 0) is 11.2 Å². The Morgan fingerprint density at radius 1 is 1.69 bits per heavy atom. The van der Waals surface area contributed by atoms with E-state index in [4.69, 9.17) is 0 Å². The summed E-state index contributed by atoms with van der Waals surface area (Å²) in [7, 11) is 1.85. The topological polar surface area (TPSA) is 49.0 Å². The smallest absolute Gasteiger partial charge is 0.231 e. The number of hydrogen-bond acceptors (Lipinski definition) is 2. The van der Waals surface area contributed by atoms with Gasteiger partial charge >= 0.3 is 0 Å². The monoisotopic (exact) mass is 179 g/mol. The van der Waals surface area contributed by atoms with E-state index < -0.39 is 0 Å². The van der Waals surface area contributed by atoms with Gasteiger partial charge in [-0.25, -0.2) is 0 Å². The molecule has 0 spiro atoms. The van der Waals surface area contributed by atoms with E-state index in [1.807, 2.05) is 20.2 Å². The fourth-order valence-corrected chi connectivity index (χ4v) is 1.75. The minimum absolute atomic E-state index is 0.0787. The summed E-state index contributed by atoms with van der Waals surface area (Å²) in [5.74, 6) is 0.0907. The van der Waals surface area contributed by atoms with Gasteiger partial charge in [0, 0.05) is 13.6 Å². The van der Waals surface area contributed by atoms with Crippen LogP contribution in [0.2, 0.25) is 0 Å². The van der Waals surface area contributed by atoms with E-state index in [2.05, 4.69) is 10.2 Å². The van der Waals surface area contributed by atoms with Gasteiger partial charge in [-0.2, -0.15) is 5.10 Å². The number of nitrogens with one attached hydrogen (secondary N) is 1. The van der Waals surface area contributed by atoms with Crippen molar-refractivity contribution in [2.45, 2.75) is 19.3 Å². The first kappa shape index (κ1) is 8.29. The second-order valence-corrected chi connectivity index (χ2v) is 3.54. The van der Waals surface area contributed by atoms with Crippen molar-refractivity contribution in [2.24, 2.45) is 0 Å². The summed E-state index contributed by atoms with van der Waals surface area (Å²) in [6, 6.07) is 0. The zero-order valence-corrected chi connectivity index (χ0v) is 7.87. The van der Waals surface area contributed by atoms with Crippen molar-refractivity contribution in [3.05, 3.63) is 17.5 Å². The molecule has 0 aromatic carbocycles. The van der Waals surface area contributed by atoms with Crippen molar-refractivity contribution in [2.75, 3.05) is 13.6 Å². The van der Waals surface area contributed by atoms with Crippen LogP contribution in [0.5, 0.6) is 0 Å². The quantitative estimate of drug-likeness (QED) is 0.631.